The third-order valence-corrected chi connectivity index (χ3v) is 4.08. The molecule has 1 aliphatic heterocycles. The highest BCUT2D eigenvalue weighted by atomic mass is 16.2. The van der Waals surface area contributed by atoms with E-state index in [4.69, 9.17) is 0 Å². The van der Waals surface area contributed by atoms with Crippen molar-refractivity contribution in [3.05, 3.63) is 18.5 Å². The van der Waals surface area contributed by atoms with Crippen LogP contribution < -0.4 is 15.5 Å². The molecule has 24 heavy (non-hydrogen) atoms. The van der Waals surface area contributed by atoms with Gasteiger partial charge in [0.05, 0.1) is 0 Å². The summed E-state index contributed by atoms with van der Waals surface area (Å²) < 4.78 is 0. The molecule has 2 amide bonds. The first kappa shape index (κ1) is 18.2. The fourth-order valence-corrected chi connectivity index (χ4v) is 2.88. The predicted molar refractivity (Wildman–Crippen MR) is 92.6 cm³/mol. The van der Waals surface area contributed by atoms with Crippen molar-refractivity contribution < 1.29 is 9.59 Å². The van der Waals surface area contributed by atoms with Gasteiger partial charge in [-0.15, -0.1) is 0 Å². The van der Waals surface area contributed by atoms with Crippen molar-refractivity contribution in [2.24, 2.45) is 0 Å². The van der Waals surface area contributed by atoms with Gasteiger partial charge in [-0.3, -0.25) is 9.59 Å². The van der Waals surface area contributed by atoms with Gasteiger partial charge in [-0.1, -0.05) is 6.42 Å². The van der Waals surface area contributed by atoms with Crippen LogP contribution in [0.1, 0.15) is 45.4 Å². The van der Waals surface area contributed by atoms with E-state index >= 15 is 0 Å². The van der Waals surface area contributed by atoms with Crippen LogP contribution >= 0.6 is 0 Å². The SMILES string of the molecule is CC(=O)NCCCCCC(=O)N[C@H]1CCCN(c2ncccn2)C1. The Morgan fingerprint density at radius 2 is 2.04 bits per heavy atom. The zero-order valence-electron chi connectivity index (χ0n) is 14.3. The fraction of sp³-hybridized carbons (Fsp3) is 0.647. The van der Waals surface area contributed by atoms with Crippen molar-refractivity contribution in [2.75, 3.05) is 24.5 Å². The van der Waals surface area contributed by atoms with E-state index in [1.54, 1.807) is 18.5 Å². The van der Waals surface area contributed by atoms with Crippen molar-refractivity contribution in [3.8, 4) is 0 Å². The number of unbranched alkanes of at least 4 members (excludes halogenated alkanes) is 2. The summed E-state index contributed by atoms with van der Waals surface area (Å²) in [4.78, 5) is 33.5. The molecule has 1 aromatic heterocycles. The second kappa shape index (κ2) is 9.85. The average molecular weight is 333 g/mol. The van der Waals surface area contributed by atoms with Crippen molar-refractivity contribution in [1.82, 2.24) is 20.6 Å². The minimum absolute atomic E-state index is 0.00279. The zero-order valence-corrected chi connectivity index (χ0v) is 14.3. The van der Waals surface area contributed by atoms with Crippen molar-refractivity contribution in [2.45, 2.75) is 51.5 Å². The number of nitrogens with one attached hydrogen (secondary N) is 2. The topological polar surface area (TPSA) is 87.2 Å². The van der Waals surface area contributed by atoms with Gasteiger partial charge in [0.15, 0.2) is 0 Å². The van der Waals surface area contributed by atoms with Crippen LogP contribution in [-0.4, -0.2) is 47.5 Å². The maximum absolute atomic E-state index is 12.1. The maximum Gasteiger partial charge on any atom is 0.225 e. The lowest BCUT2D eigenvalue weighted by Gasteiger charge is -2.33. The normalized spacial score (nSPS) is 17.4. The number of aromatic nitrogens is 2. The summed E-state index contributed by atoms with van der Waals surface area (Å²) in [5.41, 5.74) is 0. The molecule has 0 spiro atoms. The highest BCUT2D eigenvalue weighted by molar-refractivity contribution is 5.76. The number of carbonyl (C=O) groups is 2. The average Bonchev–Trinajstić information content (AvgIpc) is 2.59. The van der Waals surface area contributed by atoms with E-state index in [0.29, 0.717) is 13.0 Å². The smallest absolute Gasteiger partial charge is 0.225 e. The van der Waals surface area contributed by atoms with Crippen LogP contribution in [0, 0.1) is 0 Å². The predicted octanol–water partition coefficient (Wildman–Crippen LogP) is 1.26. The van der Waals surface area contributed by atoms with Gasteiger partial charge in [0, 0.05) is 51.4 Å². The molecule has 1 atom stereocenters. The molecule has 0 bridgehead atoms. The van der Waals surface area contributed by atoms with Crippen LogP contribution in [0.4, 0.5) is 5.95 Å². The third kappa shape index (κ3) is 6.52. The summed E-state index contributed by atoms with van der Waals surface area (Å²) >= 11 is 0. The molecule has 1 fully saturated rings. The first-order valence-electron chi connectivity index (χ1n) is 8.71. The summed E-state index contributed by atoms with van der Waals surface area (Å²) in [5.74, 6) is 0.835. The second-order valence-corrected chi connectivity index (χ2v) is 6.20. The van der Waals surface area contributed by atoms with Crippen LogP contribution in [0.2, 0.25) is 0 Å². The number of carbonyl (C=O) groups excluding carboxylic acids is 2. The van der Waals surface area contributed by atoms with E-state index in [0.717, 1.165) is 51.1 Å². The second-order valence-electron chi connectivity index (χ2n) is 6.20. The Bertz CT molecular complexity index is 523. The Kier molecular flexibility index (Phi) is 7.45. The van der Waals surface area contributed by atoms with Crippen molar-refractivity contribution >= 4 is 17.8 Å². The molecule has 132 valence electrons. The molecule has 7 nitrogen and oxygen atoms in total. The summed E-state index contributed by atoms with van der Waals surface area (Å²) in [5, 5.41) is 5.88. The number of piperidine rings is 1. The number of rotatable bonds is 8. The van der Waals surface area contributed by atoms with Crippen molar-refractivity contribution in [1.29, 1.82) is 0 Å². The van der Waals surface area contributed by atoms with Crippen molar-refractivity contribution in [3.63, 3.8) is 0 Å². The molecular formula is C17H27N5O2. The largest absolute Gasteiger partial charge is 0.356 e. The lowest BCUT2D eigenvalue weighted by molar-refractivity contribution is -0.122. The van der Waals surface area contributed by atoms with Crippen LogP contribution in [-0.2, 0) is 9.59 Å². The standard InChI is InChI=1S/C17H27N5O2/c1-14(23)18-9-4-2-3-8-16(24)21-15-7-5-12-22(13-15)17-19-10-6-11-20-17/h6,10-11,15H,2-5,7-9,12-13H2,1H3,(H,18,23)(H,21,24)/t15-/m0/s1. The van der Waals surface area contributed by atoms with Gasteiger partial charge in [0.2, 0.25) is 17.8 Å². The van der Waals surface area contributed by atoms with E-state index in [2.05, 4.69) is 25.5 Å². The van der Waals surface area contributed by atoms with Gasteiger partial charge >= 0.3 is 0 Å². The Hall–Kier alpha value is -2.18. The summed E-state index contributed by atoms with van der Waals surface area (Å²) in [6, 6.07) is 1.97. The molecule has 7 heteroatoms. The lowest BCUT2D eigenvalue weighted by Crippen LogP contribution is -2.48. The Labute approximate surface area is 143 Å². The zero-order chi connectivity index (χ0) is 17.2. The Morgan fingerprint density at radius 1 is 1.25 bits per heavy atom. The molecular weight excluding hydrogens is 306 g/mol. The number of nitrogens with zero attached hydrogens (tertiary/aromatic N) is 3. The minimum Gasteiger partial charge on any atom is -0.356 e. The number of anilines is 1. The van der Waals surface area contributed by atoms with Crippen LogP contribution in [0.3, 0.4) is 0 Å². The van der Waals surface area contributed by atoms with Crippen LogP contribution in [0.25, 0.3) is 0 Å². The van der Waals surface area contributed by atoms with Gasteiger partial charge in [-0.2, -0.15) is 0 Å². The van der Waals surface area contributed by atoms with Crippen LogP contribution in [0.15, 0.2) is 18.5 Å². The third-order valence-electron chi connectivity index (χ3n) is 4.08. The van der Waals surface area contributed by atoms with Gasteiger partial charge in [-0.05, 0) is 31.7 Å². The molecule has 1 aromatic rings. The van der Waals surface area contributed by atoms with Gasteiger partial charge in [-0.25, -0.2) is 9.97 Å². The molecule has 0 saturated carbocycles. The molecule has 0 aromatic carbocycles. The number of amides is 2. The highest BCUT2D eigenvalue weighted by Crippen LogP contribution is 2.15. The van der Waals surface area contributed by atoms with Gasteiger partial charge < -0.3 is 15.5 Å². The first-order chi connectivity index (χ1) is 11.6. The number of hydrogen-bond donors (Lipinski definition) is 2. The molecule has 1 aliphatic rings. The fourth-order valence-electron chi connectivity index (χ4n) is 2.88. The summed E-state index contributed by atoms with van der Waals surface area (Å²) in [6.45, 7) is 3.89. The molecule has 1 saturated heterocycles. The number of hydrogen-bond acceptors (Lipinski definition) is 5. The minimum atomic E-state index is -0.00279. The van der Waals surface area contributed by atoms with E-state index in [9.17, 15) is 9.59 Å². The van der Waals surface area contributed by atoms with E-state index < -0.39 is 0 Å². The maximum atomic E-state index is 12.1. The Balaban J connectivity index is 1.63. The van der Waals surface area contributed by atoms with Gasteiger partial charge in [0.1, 0.15) is 0 Å². The first-order valence-corrected chi connectivity index (χ1v) is 8.71. The molecule has 2 N–H and O–H groups in total. The molecule has 0 unspecified atom stereocenters. The molecule has 0 radical (unpaired) electrons. The Morgan fingerprint density at radius 3 is 2.79 bits per heavy atom. The van der Waals surface area contributed by atoms with Gasteiger partial charge in [0.25, 0.3) is 0 Å². The summed E-state index contributed by atoms with van der Waals surface area (Å²) in [6.07, 6.45) is 8.76. The monoisotopic (exact) mass is 333 g/mol. The summed E-state index contributed by atoms with van der Waals surface area (Å²) in [7, 11) is 0. The lowest BCUT2D eigenvalue weighted by atomic mass is 10.1. The van der Waals surface area contributed by atoms with E-state index in [1.807, 2.05) is 0 Å². The van der Waals surface area contributed by atoms with Crippen LogP contribution in [0.5, 0.6) is 0 Å². The molecule has 0 aliphatic carbocycles. The van der Waals surface area contributed by atoms with E-state index in [1.165, 1.54) is 6.92 Å². The quantitative estimate of drug-likeness (QED) is 0.699. The molecule has 2 rings (SSSR count). The van der Waals surface area contributed by atoms with E-state index in [-0.39, 0.29) is 17.9 Å². The molecule has 2 heterocycles. The highest BCUT2D eigenvalue weighted by Gasteiger charge is 2.22.